The van der Waals surface area contributed by atoms with Crippen molar-refractivity contribution in [3.63, 3.8) is 0 Å². The number of carbonyl (C=O) groups is 2. The molecule has 5 nitrogen and oxygen atoms in total. The lowest BCUT2D eigenvalue weighted by Crippen LogP contribution is -2.33. The summed E-state index contributed by atoms with van der Waals surface area (Å²) in [5.41, 5.74) is 0.985. The van der Waals surface area contributed by atoms with Crippen molar-refractivity contribution in [2.24, 2.45) is 11.1 Å². The van der Waals surface area contributed by atoms with Crippen LogP contribution >= 0.6 is 23.2 Å². The molecule has 0 unspecified atom stereocenters. The van der Waals surface area contributed by atoms with Crippen molar-refractivity contribution in [2.75, 3.05) is 4.90 Å². The van der Waals surface area contributed by atoms with Gasteiger partial charge in [0.15, 0.2) is 0 Å². The molecule has 2 aliphatic rings. The summed E-state index contributed by atoms with van der Waals surface area (Å²) in [6.45, 7) is 0. The molecule has 0 aliphatic carbocycles. The molecule has 1 fully saturated rings. The van der Waals surface area contributed by atoms with Gasteiger partial charge in [-0.15, -0.1) is 0 Å². The molecular weight excluding hydrogens is 370 g/mol. The highest BCUT2D eigenvalue weighted by Gasteiger charge is 2.56. The standard InChI is InChI=1S/C17H9Cl2FN2O3/c18-9-3-6-11(19)12(7-9)22-16(23)13-14(21-25-15(13)17(22)24)8-1-4-10(20)5-2-8/h1-7,13,15H/t13-,15-/m0/s1. The number of amides is 2. The zero-order chi connectivity index (χ0) is 17.7. The van der Waals surface area contributed by atoms with E-state index in [0.717, 1.165) is 4.90 Å². The van der Waals surface area contributed by atoms with E-state index in [4.69, 9.17) is 28.0 Å². The highest BCUT2D eigenvalue weighted by molar-refractivity contribution is 6.39. The summed E-state index contributed by atoms with van der Waals surface area (Å²) in [4.78, 5) is 31.7. The molecule has 8 heteroatoms. The molecule has 2 amide bonds. The van der Waals surface area contributed by atoms with E-state index in [1.165, 1.54) is 36.4 Å². The fourth-order valence-electron chi connectivity index (χ4n) is 2.93. The smallest absolute Gasteiger partial charge is 0.279 e. The third kappa shape index (κ3) is 2.49. The Kier molecular flexibility index (Phi) is 3.74. The van der Waals surface area contributed by atoms with E-state index in [-0.39, 0.29) is 16.4 Å². The first-order valence-corrected chi connectivity index (χ1v) is 8.05. The molecule has 0 radical (unpaired) electrons. The van der Waals surface area contributed by atoms with Gasteiger partial charge in [0, 0.05) is 10.6 Å². The van der Waals surface area contributed by atoms with Crippen LogP contribution in [-0.4, -0.2) is 23.6 Å². The summed E-state index contributed by atoms with van der Waals surface area (Å²) in [7, 11) is 0. The minimum absolute atomic E-state index is 0.195. The van der Waals surface area contributed by atoms with E-state index < -0.39 is 29.7 Å². The van der Waals surface area contributed by atoms with E-state index in [9.17, 15) is 14.0 Å². The molecule has 4 rings (SSSR count). The van der Waals surface area contributed by atoms with E-state index in [0.29, 0.717) is 10.6 Å². The van der Waals surface area contributed by atoms with Gasteiger partial charge in [-0.1, -0.05) is 40.5 Å². The minimum atomic E-state index is -1.07. The van der Waals surface area contributed by atoms with Gasteiger partial charge in [-0.2, -0.15) is 0 Å². The molecule has 1 saturated heterocycles. The number of rotatable bonds is 2. The van der Waals surface area contributed by atoms with Gasteiger partial charge < -0.3 is 4.84 Å². The molecule has 0 N–H and O–H groups in total. The monoisotopic (exact) mass is 378 g/mol. The zero-order valence-electron chi connectivity index (χ0n) is 12.4. The van der Waals surface area contributed by atoms with Gasteiger partial charge in [0.05, 0.1) is 10.7 Å². The Balaban J connectivity index is 1.73. The van der Waals surface area contributed by atoms with Crippen molar-refractivity contribution in [1.82, 2.24) is 0 Å². The molecule has 126 valence electrons. The van der Waals surface area contributed by atoms with Crippen molar-refractivity contribution >= 4 is 46.4 Å². The number of fused-ring (bicyclic) bond motifs is 1. The number of halogens is 3. The Morgan fingerprint density at radius 2 is 1.76 bits per heavy atom. The normalized spacial score (nSPS) is 22.0. The van der Waals surface area contributed by atoms with Crippen LogP contribution in [-0.2, 0) is 14.4 Å². The van der Waals surface area contributed by atoms with Crippen LogP contribution in [0.1, 0.15) is 5.56 Å². The van der Waals surface area contributed by atoms with Crippen LogP contribution in [0.25, 0.3) is 0 Å². The van der Waals surface area contributed by atoms with E-state index in [1.807, 2.05) is 0 Å². The van der Waals surface area contributed by atoms with Crippen LogP contribution in [0, 0.1) is 11.7 Å². The van der Waals surface area contributed by atoms with E-state index >= 15 is 0 Å². The maximum Gasteiger partial charge on any atom is 0.279 e. The molecular formula is C17H9Cl2FN2O3. The Morgan fingerprint density at radius 3 is 2.48 bits per heavy atom. The number of imide groups is 1. The molecule has 0 bridgehead atoms. The fraction of sp³-hybridized carbons (Fsp3) is 0.118. The number of nitrogens with zero attached hydrogens (tertiary/aromatic N) is 2. The summed E-state index contributed by atoms with van der Waals surface area (Å²) < 4.78 is 13.1. The third-order valence-corrected chi connectivity index (χ3v) is 4.66. The first-order chi connectivity index (χ1) is 12.0. The summed E-state index contributed by atoms with van der Waals surface area (Å²) in [6, 6.07) is 9.95. The second kappa shape index (κ2) is 5.82. The number of benzene rings is 2. The average molecular weight is 379 g/mol. The van der Waals surface area contributed by atoms with Gasteiger partial charge >= 0.3 is 0 Å². The summed E-state index contributed by atoms with van der Waals surface area (Å²) in [6.07, 6.45) is -1.07. The van der Waals surface area contributed by atoms with E-state index in [2.05, 4.69) is 5.16 Å². The largest absolute Gasteiger partial charge is 0.381 e. The molecule has 2 heterocycles. The maximum absolute atomic E-state index is 13.1. The molecule has 0 spiro atoms. The second-order valence-corrected chi connectivity index (χ2v) is 6.44. The van der Waals surface area contributed by atoms with Crippen molar-refractivity contribution in [2.45, 2.75) is 6.10 Å². The van der Waals surface area contributed by atoms with E-state index in [1.54, 1.807) is 6.07 Å². The highest BCUT2D eigenvalue weighted by Crippen LogP contribution is 2.38. The van der Waals surface area contributed by atoms with Crippen molar-refractivity contribution in [1.29, 1.82) is 0 Å². The molecule has 2 aromatic carbocycles. The SMILES string of the molecule is O=C1[C@H]2C(c3ccc(F)cc3)=NO[C@@H]2C(=O)N1c1cc(Cl)ccc1Cl. The Morgan fingerprint density at radius 1 is 1.04 bits per heavy atom. The highest BCUT2D eigenvalue weighted by atomic mass is 35.5. The van der Waals surface area contributed by atoms with Crippen molar-refractivity contribution in [3.8, 4) is 0 Å². The van der Waals surface area contributed by atoms with Gasteiger partial charge in [-0.3, -0.25) is 9.59 Å². The van der Waals surface area contributed by atoms with Crippen molar-refractivity contribution in [3.05, 3.63) is 63.9 Å². The maximum atomic E-state index is 13.1. The quantitative estimate of drug-likeness (QED) is 0.752. The number of hydrogen-bond acceptors (Lipinski definition) is 4. The van der Waals surface area contributed by atoms with Crippen LogP contribution in [0.15, 0.2) is 47.6 Å². The fourth-order valence-corrected chi connectivity index (χ4v) is 3.30. The average Bonchev–Trinajstić information content (AvgIpc) is 3.12. The number of carbonyl (C=O) groups excluding carboxylic acids is 2. The first-order valence-electron chi connectivity index (χ1n) is 7.30. The molecule has 0 saturated carbocycles. The van der Waals surface area contributed by atoms with Gasteiger partial charge in [0.1, 0.15) is 17.4 Å². The summed E-state index contributed by atoms with van der Waals surface area (Å²) >= 11 is 12.1. The van der Waals surface area contributed by atoms with Gasteiger partial charge in [0.2, 0.25) is 12.0 Å². The first kappa shape index (κ1) is 16.1. The molecule has 2 aliphatic heterocycles. The topological polar surface area (TPSA) is 59.0 Å². The predicted octanol–water partition coefficient (Wildman–Crippen LogP) is 3.43. The van der Waals surface area contributed by atoms with Crippen molar-refractivity contribution < 1.29 is 18.8 Å². The number of oxime groups is 1. The Bertz CT molecular complexity index is 930. The lowest BCUT2D eigenvalue weighted by molar-refractivity contribution is -0.126. The van der Waals surface area contributed by atoms with Crippen LogP contribution in [0.3, 0.4) is 0 Å². The summed E-state index contributed by atoms with van der Waals surface area (Å²) in [5, 5.41) is 4.41. The number of anilines is 1. The van der Waals surface area contributed by atoms with Gasteiger partial charge in [-0.05, 0) is 30.3 Å². The molecule has 2 atom stereocenters. The number of hydrogen-bond donors (Lipinski definition) is 0. The Hall–Kier alpha value is -2.44. The van der Waals surface area contributed by atoms with Crippen LogP contribution in [0.4, 0.5) is 10.1 Å². The molecule has 2 aromatic rings. The van der Waals surface area contributed by atoms with Gasteiger partial charge in [-0.25, -0.2) is 9.29 Å². The van der Waals surface area contributed by atoms with Crippen LogP contribution < -0.4 is 4.90 Å². The predicted molar refractivity (Wildman–Crippen MR) is 90.3 cm³/mol. The lowest BCUT2D eigenvalue weighted by Gasteiger charge is -2.17. The lowest BCUT2D eigenvalue weighted by atomic mass is 9.94. The Labute approximate surface area is 151 Å². The second-order valence-electron chi connectivity index (χ2n) is 5.59. The summed E-state index contributed by atoms with van der Waals surface area (Å²) in [5.74, 6) is -2.41. The minimum Gasteiger partial charge on any atom is -0.381 e. The van der Waals surface area contributed by atoms with Crippen LogP contribution in [0.5, 0.6) is 0 Å². The van der Waals surface area contributed by atoms with Crippen LogP contribution in [0.2, 0.25) is 10.0 Å². The third-order valence-electron chi connectivity index (χ3n) is 4.10. The molecule has 0 aromatic heterocycles. The molecule has 25 heavy (non-hydrogen) atoms. The van der Waals surface area contributed by atoms with Gasteiger partial charge in [0.25, 0.3) is 5.91 Å². The zero-order valence-corrected chi connectivity index (χ0v) is 14.0.